The summed E-state index contributed by atoms with van der Waals surface area (Å²) in [6.07, 6.45) is 5.21. The Morgan fingerprint density at radius 1 is 1.16 bits per heavy atom. The van der Waals surface area contributed by atoms with Crippen molar-refractivity contribution in [2.45, 2.75) is 44.5 Å². The number of hydrogen-bond acceptors (Lipinski definition) is 6. The summed E-state index contributed by atoms with van der Waals surface area (Å²) in [6.45, 7) is 4.84. The fraction of sp³-hybridized carbons (Fsp3) is 0.435. The number of halogens is 1. The summed E-state index contributed by atoms with van der Waals surface area (Å²) >= 11 is 0. The van der Waals surface area contributed by atoms with Gasteiger partial charge in [-0.3, -0.25) is 4.90 Å². The number of imidazole rings is 1. The first-order valence-corrected chi connectivity index (χ1v) is 10.5. The maximum absolute atomic E-state index is 15.4. The summed E-state index contributed by atoms with van der Waals surface area (Å²) < 4.78 is 23.3. The second-order valence-electron chi connectivity index (χ2n) is 9.24. The summed E-state index contributed by atoms with van der Waals surface area (Å²) in [7, 11) is 1.99. The van der Waals surface area contributed by atoms with E-state index in [-0.39, 0.29) is 11.2 Å². The molecule has 162 valence electrons. The number of benzene rings is 1. The molecule has 0 unspecified atom stereocenters. The molecule has 4 heterocycles. The average Bonchev–Trinajstić information content (AvgIpc) is 3.29. The Labute approximate surface area is 180 Å². The largest absolute Gasteiger partial charge is 0.507 e. The van der Waals surface area contributed by atoms with Crippen LogP contribution in [0.5, 0.6) is 11.6 Å². The van der Waals surface area contributed by atoms with Crippen molar-refractivity contribution in [3.8, 4) is 28.6 Å². The number of aromatic nitrogens is 4. The van der Waals surface area contributed by atoms with Gasteiger partial charge in [0.25, 0.3) is 0 Å². The number of piperidine rings is 2. The predicted octanol–water partition coefficient (Wildman–Crippen LogP) is 3.62. The molecule has 31 heavy (non-hydrogen) atoms. The first-order chi connectivity index (χ1) is 14.8. The van der Waals surface area contributed by atoms with E-state index in [0.29, 0.717) is 17.1 Å². The number of ether oxygens (including phenoxy) is 1. The van der Waals surface area contributed by atoms with Crippen molar-refractivity contribution in [1.82, 2.24) is 24.6 Å². The lowest BCUT2D eigenvalue weighted by atomic mass is 9.60. The van der Waals surface area contributed by atoms with Crippen LogP contribution in [0.25, 0.3) is 16.9 Å². The molecule has 3 fully saturated rings. The van der Waals surface area contributed by atoms with Gasteiger partial charge in [0, 0.05) is 42.0 Å². The van der Waals surface area contributed by atoms with Gasteiger partial charge in [-0.1, -0.05) is 6.92 Å². The van der Waals surface area contributed by atoms with Gasteiger partial charge in [-0.15, -0.1) is 10.2 Å². The summed E-state index contributed by atoms with van der Waals surface area (Å²) in [5, 5.41) is 18.9. The van der Waals surface area contributed by atoms with Gasteiger partial charge in [0.05, 0.1) is 23.2 Å². The lowest BCUT2D eigenvalue weighted by Gasteiger charge is -2.61. The van der Waals surface area contributed by atoms with Crippen LogP contribution in [0, 0.1) is 5.41 Å². The standard InChI is InChI=1S/C23H26FN5O2/c1-22-8-9-23(2,28(3)13-22)20(24)21(22)31-19-7-6-17(26-27-19)16-5-4-15(12-18(16)30)29-11-10-25-14-29/h4-7,10-12,14,20-21,30H,8-9,13H2,1-3H3/t20-,21+,22+,23+/m0/s1. The Hall–Kier alpha value is -3.00. The third-order valence-electron chi connectivity index (χ3n) is 7.17. The Bertz CT molecular complexity index is 1090. The molecule has 1 aliphatic carbocycles. The maximum atomic E-state index is 15.4. The third-order valence-corrected chi connectivity index (χ3v) is 7.17. The molecule has 0 radical (unpaired) electrons. The van der Waals surface area contributed by atoms with E-state index in [1.165, 1.54) is 0 Å². The second-order valence-corrected chi connectivity index (χ2v) is 9.24. The third kappa shape index (κ3) is 3.17. The minimum Gasteiger partial charge on any atom is -0.507 e. The van der Waals surface area contributed by atoms with E-state index >= 15 is 4.39 Å². The van der Waals surface area contributed by atoms with E-state index < -0.39 is 17.8 Å². The van der Waals surface area contributed by atoms with E-state index in [0.717, 1.165) is 25.1 Å². The van der Waals surface area contributed by atoms with E-state index in [2.05, 4.69) is 27.0 Å². The summed E-state index contributed by atoms with van der Waals surface area (Å²) in [5.74, 6) is 0.386. The number of nitrogens with zero attached hydrogens (tertiary/aromatic N) is 5. The van der Waals surface area contributed by atoms with Gasteiger partial charge >= 0.3 is 0 Å². The van der Waals surface area contributed by atoms with Crippen molar-refractivity contribution < 1.29 is 14.2 Å². The SMILES string of the molecule is CN1C[C@@]2(C)CC[C@]1(C)[C@@H](F)[C@H]2Oc1ccc(-c2ccc(-n3ccnc3)cc2O)nn1. The van der Waals surface area contributed by atoms with Gasteiger partial charge in [0.2, 0.25) is 5.88 Å². The van der Waals surface area contributed by atoms with E-state index in [9.17, 15) is 5.11 Å². The molecule has 2 aliphatic heterocycles. The molecular weight excluding hydrogens is 397 g/mol. The molecule has 0 spiro atoms. The van der Waals surface area contributed by atoms with Crippen LogP contribution in [0.4, 0.5) is 4.39 Å². The highest BCUT2D eigenvalue weighted by atomic mass is 19.1. The number of aromatic hydroxyl groups is 1. The number of phenolic OH excluding ortho intramolecular Hbond substituents is 1. The van der Waals surface area contributed by atoms with E-state index in [1.807, 2.05) is 20.0 Å². The zero-order chi connectivity index (χ0) is 21.8. The molecular formula is C23H26FN5O2. The van der Waals surface area contributed by atoms with E-state index in [1.54, 1.807) is 47.6 Å². The Kier molecular flexibility index (Phi) is 4.51. The van der Waals surface area contributed by atoms with Gasteiger partial charge in [-0.2, -0.15) is 0 Å². The second kappa shape index (κ2) is 7.02. The molecule has 1 aromatic carbocycles. The number of phenols is 1. The maximum Gasteiger partial charge on any atom is 0.233 e. The van der Waals surface area contributed by atoms with Crippen LogP contribution in [0.3, 0.4) is 0 Å². The molecule has 2 aromatic heterocycles. The highest BCUT2D eigenvalue weighted by Gasteiger charge is 2.61. The molecule has 2 bridgehead atoms. The number of hydrogen-bond donors (Lipinski definition) is 1. The minimum atomic E-state index is -1.11. The van der Waals surface area contributed by atoms with Gasteiger partial charge in [0.15, 0.2) is 6.17 Å². The van der Waals surface area contributed by atoms with Crippen LogP contribution in [0.2, 0.25) is 0 Å². The normalized spacial score (nSPS) is 30.5. The van der Waals surface area contributed by atoms with Crippen molar-refractivity contribution in [3.05, 3.63) is 49.1 Å². The molecule has 3 aromatic rings. The number of rotatable bonds is 4. The molecule has 4 atom stereocenters. The van der Waals surface area contributed by atoms with Gasteiger partial charge in [0.1, 0.15) is 11.9 Å². The van der Waals surface area contributed by atoms with Gasteiger partial charge < -0.3 is 14.4 Å². The molecule has 7 nitrogen and oxygen atoms in total. The highest BCUT2D eigenvalue weighted by molar-refractivity contribution is 5.68. The van der Waals surface area contributed by atoms with Gasteiger partial charge in [-0.05, 0) is 45.0 Å². The van der Waals surface area contributed by atoms with Crippen LogP contribution < -0.4 is 4.74 Å². The summed E-state index contributed by atoms with van der Waals surface area (Å²) in [4.78, 5) is 6.13. The topological polar surface area (TPSA) is 76.3 Å². The first-order valence-electron chi connectivity index (χ1n) is 10.5. The Morgan fingerprint density at radius 2 is 2.00 bits per heavy atom. The summed E-state index contributed by atoms with van der Waals surface area (Å²) in [6, 6.07) is 8.72. The zero-order valence-corrected chi connectivity index (χ0v) is 17.9. The van der Waals surface area contributed by atoms with Crippen LogP contribution in [-0.4, -0.2) is 61.2 Å². The average molecular weight is 423 g/mol. The molecule has 2 saturated heterocycles. The van der Waals surface area contributed by atoms with E-state index in [4.69, 9.17) is 4.74 Å². The van der Waals surface area contributed by atoms with Crippen LogP contribution in [0.1, 0.15) is 26.7 Å². The van der Waals surface area contributed by atoms with Crippen LogP contribution >= 0.6 is 0 Å². The summed E-state index contributed by atoms with van der Waals surface area (Å²) in [5.41, 5.74) is 1.08. The minimum absolute atomic E-state index is 0.0889. The Morgan fingerprint density at radius 3 is 2.65 bits per heavy atom. The Balaban J connectivity index is 1.36. The monoisotopic (exact) mass is 423 g/mol. The quantitative estimate of drug-likeness (QED) is 0.691. The molecule has 1 N–H and O–H groups in total. The lowest BCUT2D eigenvalue weighted by molar-refractivity contribution is -0.177. The smallest absolute Gasteiger partial charge is 0.233 e. The van der Waals surface area contributed by atoms with Crippen molar-refractivity contribution in [2.24, 2.45) is 5.41 Å². The number of fused-ring (bicyclic) bond motifs is 3. The first kappa shape index (κ1) is 19.9. The fourth-order valence-electron chi connectivity index (χ4n) is 4.96. The van der Waals surface area contributed by atoms with Crippen molar-refractivity contribution >= 4 is 0 Å². The molecule has 1 saturated carbocycles. The molecule has 8 heteroatoms. The fourth-order valence-corrected chi connectivity index (χ4v) is 4.96. The number of alkyl halides is 1. The van der Waals surface area contributed by atoms with Crippen molar-refractivity contribution in [2.75, 3.05) is 13.6 Å². The molecule has 6 rings (SSSR count). The lowest BCUT2D eigenvalue weighted by Crippen LogP contribution is -2.72. The van der Waals surface area contributed by atoms with Crippen LogP contribution in [-0.2, 0) is 0 Å². The highest BCUT2D eigenvalue weighted by Crippen LogP contribution is 2.51. The zero-order valence-electron chi connectivity index (χ0n) is 17.9. The van der Waals surface area contributed by atoms with Gasteiger partial charge in [-0.25, -0.2) is 9.37 Å². The predicted molar refractivity (Wildman–Crippen MR) is 114 cm³/mol. The molecule has 0 amide bonds. The van der Waals surface area contributed by atoms with Crippen molar-refractivity contribution in [3.63, 3.8) is 0 Å². The molecule has 3 aliphatic rings. The van der Waals surface area contributed by atoms with Crippen molar-refractivity contribution in [1.29, 1.82) is 0 Å². The van der Waals surface area contributed by atoms with Crippen LogP contribution in [0.15, 0.2) is 49.1 Å².